The van der Waals surface area contributed by atoms with E-state index in [1.54, 1.807) is 36.1 Å². The fourth-order valence-corrected chi connectivity index (χ4v) is 4.47. The first kappa shape index (κ1) is 23.3. The number of hydrogen-bond donors (Lipinski definition) is 0. The molecular weight excluding hydrogens is 458 g/mol. The molecule has 0 amide bonds. The number of pyridine rings is 1. The van der Waals surface area contributed by atoms with E-state index in [-0.39, 0.29) is 5.56 Å². The number of nitrogens with zero attached hydrogens (tertiary/aromatic N) is 3. The van der Waals surface area contributed by atoms with Crippen molar-refractivity contribution in [1.29, 1.82) is 0 Å². The Balaban J connectivity index is 1.48. The van der Waals surface area contributed by atoms with Crippen molar-refractivity contribution in [2.45, 2.75) is 30.5 Å². The number of methoxy groups -OCH3 is 1. The summed E-state index contributed by atoms with van der Waals surface area (Å²) in [5, 5.41) is 1.79. The molecule has 0 atom stereocenters. The zero-order valence-electron chi connectivity index (χ0n) is 18.2. The predicted molar refractivity (Wildman–Crippen MR) is 132 cm³/mol. The van der Waals surface area contributed by atoms with Crippen molar-refractivity contribution >= 4 is 34.3 Å². The second kappa shape index (κ2) is 11.3. The number of halogens is 1. The summed E-state index contributed by atoms with van der Waals surface area (Å²) in [4.78, 5) is 22.1. The lowest BCUT2D eigenvalue weighted by atomic mass is 10.2. The maximum absolute atomic E-state index is 13.1. The minimum absolute atomic E-state index is 0.0615. The van der Waals surface area contributed by atoms with Gasteiger partial charge in [0.05, 0.1) is 16.6 Å². The molecule has 0 aliphatic rings. The molecule has 0 aliphatic heterocycles. The van der Waals surface area contributed by atoms with Crippen LogP contribution in [0, 0.1) is 0 Å². The normalized spacial score (nSPS) is 11.1. The highest BCUT2D eigenvalue weighted by atomic mass is 35.5. The van der Waals surface area contributed by atoms with Crippen LogP contribution in [-0.2, 0) is 23.6 Å². The molecule has 0 aliphatic carbocycles. The van der Waals surface area contributed by atoms with Gasteiger partial charge < -0.3 is 9.47 Å². The summed E-state index contributed by atoms with van der Waals surface area (Å²) in [6.45, 7) is 1.54. The molecule has 0 unspecified atom stereocenters. The van der Waals surface area contributed by atoms with E-state index in [4.69, 9.17) is 26.1 Å². The number of benzene rings is 2. The molecule has 0 N–H and O–H groups in total. The molecule has 0 spiro atoms. The van der Waals surface area contributed by atoms with Gasteiger partial charge in [0, 0.05) is 37.2 Å². The van der Waals surface area contributed by atoms with Gasteiger partial charge in [0.1, 0.15) is 12.4 Å². The number of thioether (sulfide) groups is 1. The Kier molecular flexibility index (Phi) is 7.99. The molecule has 2 aromatic heterocycles. The van der Waals surface area contributed by atoms with Crippen LogP contribution >= 0.6 is 23.4 Å². The first-order valence-electron chi connectivity index (χ1n) is 10.6. The third-order valence-electron chi connectivity index (χ3n) is 5.02. The Morgan fingerprint density at radius 1 is 1.09 bits per heavy atom. The lowest BCUT2D eigenvalue weighted by Gasteiger charge is -2.13. The standard InChI is InChI=1S/C25H24ClN3O3S/c1-31-14-4-13-29-24(30)22-11-8-19(26)15-23(22)28-25(29)33-17-18-6-9-21(10-7-18)32-16-20-5-2-3-12-27-20/h2-3,5-12,15H,4,13-14,16-17H2,1H3. The smallest absolute Gasteiger partial charge is 0.262 e. The molecule has 8 heteroatoms. The zero-order valence-corrected chi connectivity index (χ0v) is 19.8. The largest absolute Gasteiger partial charge is 0.487 e. The Morgan fingerprint density at radius 2 is 1.94 bits per heavy atom. The van der Waals surface area contributed by atoms with E-state index in [2.05, 4.69) is 4.98 Å². The van der Waals surface area contributed by atoms with Gasteiger partial charge >= 0.3 is 0 Å². The Bertz CT molecular complexity index is 1260. The van der Waals surface area contributed by atoms with E-state index < -0.39 is 0 Å². The van der Waals surface area contributed by atoms with Gasteiger partial charge in [-0.05, 0) is 54.4 Å². The van der Waals surface area contributed by atoms with E-state index in [0.29, 0.717) is 46.6 Å². The average molecular weight is 482 g/mol. The Hall–Kier alpha value is -2.87. The van der Waals surface area contributed by atoms with Crippen LogP contribution in [0.15, 0.2) is 76.8 Å². The van der Waals surface area contributed by atoms with Crippen molar-refractivity contribution in [2.24, 2.45) is 0 Å². The topological polar surface area (TPSA) is 66.2 Å². The SMILES string of the molecule is COCCCn1c(SCc2ccc(OCc3ccccn3)cc2)nc2cc(Cl)ccc2c1=O. The zero-order chi connectivity index (χ0) is 23.0. The van der Waals surface area contributed by atoms with Gasteiger partial charge in [-0.2, -0.15) is 0 Å². The Labute approximate surface area is 201 Å². The fourth-order valence-electron chi connectivity index (χ4n) is 3.32. The lowest BCUT2D eigenvalue weighted by molar-refractivity contribution is 0.189. The van der Waals surface area contributed by atoms with Crippen LogP contribution in [0.1, 0.15) is 17.7 Å². The summed E-state index contributed by atoms with van der Waals surface area (Å²) in [6, 6.07) is 18.9. The summed E-state index contributed by atoms with van der Waals surface area (Å²) in [6.07, 6.45) is 2.48. The van der Waals surface area contributed by atoms with Crippen molar-refractivity contribution in [1.82, 2.24) is 14.5 Å². The minimum Gasteiger partial charge on any atom is -0.487 e. The van der Waals surface area contributed by atoms with Crippen molar-refractivity contribution in [3.63, 3.8) is 0 Å². The first-order valence-corrected chi connectivity index (χ1v) is 11.9. The van der Waals surface area contributed by atoms with E-state index in [1.165, 1.54) is 11.8 Å². The van der Waals surface area contributed by atoms with Crippen LogP contribution in [0.2, 0.25) is 5.02 Å². The molecule has 6 nitrogen and oxygen atoms in total. The molecule has 33 heavy (non-hydrogen) atoms. The van der Waals surface area contributed by atoms with Crippen LogP contribution in [0.3, 0.4) is 0 Å². The van der Waals surface area contributed by atoms with Gasteiger partial charge in [-0.1, -0.05) is 41.6 Å². The van der Waals surface area contributed by atoms with Gasteiger partial charge in [0.2, 0.25) is 0 Å². The highest BCUT2D eigenvalue weighted by molar-refractivity contribution is 7.98. The highest BCUT2D eigenvalue weighted by Crippen LogP contribution is 2.25. The molecule has 4 aromatic rings. The summed E-state index contributed by atoms with van der Waals surface area (Å²) in [7, 11) is 1.66. The molecule has 0 radical (unpaired) electrons. The molecule has 0 saturated heterocycles. The molecule has 0 saturated carbocycles. The van der Waals surface area contributed by atoms with Gasteiger partial charge in [-0.3, -0.25) is 14.3 Å². The molecule has 170 valence electrons. The molecule has 0 fully saturated rings. The van der Waals surface area contributed by atoms with Crippen molar-refractivity contribution in [3.05, 3.63) is 93.5 Å². The Morgan fingerprint density at radius 3 is 2.70 bits per heavy atom. The third-order valence-corrected chi connectivity index (χ3v) is 6.30. The molecule has 0 bridgehead atoms. The van der Waals surface area contributed by atoms with Gasteiger partial charge in [-0.25, -0.2) is 4.98 Å². The summed E-state index contributed by atoms with van der Waals surface area (Å²) in [5.74, 6) is 1.45. The second-order valence-electron chi connectivity index (χ2n) is 7.40. The van der Waals surface area contributed by atoms with E-state index in [0.717, 1.165) is 23.4 Å². The van der Waals surface area contributed by atoms with Crippen molar-refractivity contribution in [2.75, 3.05) is 13.7 Å². The molecule has 4 rings (SSSR count). The van der Waals surface area contributed by atoms with E-state index in [1.807, 2.05) is 42.5 Å². The second-order valence-corrected chi connectivity index (χ2v) is 8.78. The number of fused-ring (bicyclic) bond motifs is 1. The quantitative estimate of drug-likeness (QED) is 0.173. The number of hydrogen-bond acceptors (Lipinski definition) is 6. The summed E-state index contributed by atoms with van der Waals surface area (Å²) >= 11 is 7.66. The summed E-state index contributed by atoms with van der Waals surface area (Å²) in [5.41, 5.74) is 2.53. The van der Waals surface area contributed by atoms with E-state index >= 15 is 0 Å². The van der Waals surface area contributed by atoms with E-state index in [9.17, 15) is 4.79 Å². The third kappa shape index (κ3) is 6.13. The van der Waals surface area contributed by atoms with Crippen molar-refractivity contribution < 1.29 is 9.47 Å². The lowest BCUT2D eigenvalue weighted by Crippen LogP contribution is -2.24. The van der Waals surface area contributed by atoms with Gasteiger partial charge in [0.25, 0.3) is 5.56 Å². The maximum Gasteiger partial charge on any atom is 0.262 e. The number of ether oxygens (including phenoxy) is 2. The highest BCUT2D eigenvalue weighted by Gasteiger charge is 2.12. The molecular formula is C25H24ClN3O3S. The predicted octanol–water partition coefficient (Wildman–Crippen LogP) is 5.35. The number of rotatable bonds is 10. The number of aromatic nitrogens is 3. The average Bonchev–Trinajstić information content (AvgIpc) is 2.84. The van der Waals surface area contributed by atoms with Crippen LogP contribution < -0.4 is 10.3 Å². The van der Waals surface area contributed by atoms with Crippen LogP contribution in [0.4, 0.5) is 0 Å². The fraction of sp³-hybridized carbons (Fsp3) is 0.240. The minimum atomic E-state index is -0.0615. The maximum atomic E-state index is 13.1. The van der Waals surface area contributed by atoms with Crippen molar-refractivity contribution in [3.8, 4) is 5.75 Å². The van der Waals surface area contributed by atoms with Crippen LogP contribution in [0.25, 0.3) is 10.9 Å². The van der Waals surface area contributed by atoms with Crippen LogP contribution in [-0.4, -0.2) is 28.3 Å². The monoisotopic (exact) mass is 481 g/mol. The first-order chi connectivity index (χ1) is 16.1. The van der Waals surface area contributed by atoms with Gasteiger partial charge in [-0.15, -0.1) is 0 Å². The van der Waals surface area contributed by atoms with Gasteiger partial charge in [0.15, 0.2) is 5.16 Å². The summed E-state index contributed by atoms with van der Waals surface area (Å²) < 4.78 is 12.7. The molecule has 2 aromatic carbocycles. The molecule has 2 heterocycles. The van der Waals surface area contributed by atoms with Crippen LogP contribution in [0.5, 0.6) is 5.75 Å².